The Kier molecular flexibility index (Phi) is 4.62. The third-order valence-electron chi connectivity index (χ3n) is 3.71. The molecule has 0 atom stereocenters. The summed E-state index contributed by atoms with van der Waals surface area (Å²) in [7, 11) is 0.377. The zero-order valence-electron chi connectivity index (χ0n) is 11.4. The molecule has 19 heavy (non-hydrogen) atoms. The molecule has 0 radical (unpaired) electrons. The van der Waals surface area contributed by atoms with Crippen molar-refractivity contribution in [3.63, 3.8) is 0 Å². The number of nitrogens with zero attached hydrogens (tertiary/aromatic N) is 2. The second-order valence-corrected chi connectivity index (χ2v) is 8.00. The first kappa shape index (κ1) is 14.9. The van der Waals surface area contributed by atoms with E-state index in [1.165, 1.54) is 15.6 Å². The van der Waals surface area contributed by atoms with Crippen LogP contribution >= 0.6 is 11.3 Å². The Balaban J connectivity index is 2.14. The highest BCUT2D eigenvalue weighted by atomic mass is 32.2. The Bertz CT molecular complexity index is 519. The fraction of sp³-hybridized carbons (Fsp3) is 0.667. The minimum Gasteiger partial charge on any atom is -0.326 e. The molecule has 0 bridgehead atoms. The fourth-order valence-corrected chi connectivity index (χ4v) is 4.88. The molecule has 1 aliphatic rings. The molecule has 1 aromatic heterocycles. The van der Waals surface area contributed by atoms with Crippen molar-refractivity contribution in [2.45, 2.75) is 30.3 Å². The van der Waals surface area contributed by atoms with Crippen LogP contribution in [-0.2, 0) is 16.6 Å². The lowest BCUT2D eigenvalue weighted by atomic mass is 10.1. The number of sulfonamides is 1. The number of hydrogen-bond acceptors (Lipinski definition) is 5. The average molecular weight is 303 g/mol. The van der Waals surface area contributed by atoms with Gasteiger partial charge in [-0.25, -0.2) is 8.42 Å². The van der Waals surface area contributed by atoms with Crippen LogP contribution in [0.1, 0.15) is 17.7 Å². The van der Waals surface area contributed by atoms with Gasteiger partial charge in [0.15, 0.2) is 0 Å². The summed E-state index contributed by atoms with van der Waals surface area (Å²) in [6.07, 6.45) is 1.78. The lowest BCUT2D eigenvalue weighted by molar-refractivity contribution is 0.197. The first-order valence-electron chi connectivity index (χ1n) is 6.39. The lowest BCUT2D eigenvalue weighted by Crippen LogP contribution is -2.44. The topological polar surface area (TPSA) is 66.6 Å². The van der Waals surface area contributed by atoms with Gasteiger partial charge in [0.25, 0.3) is 0 Å². The molecule has 7 heteroatoms. The minimum absolute atomic E-state index is 0.0995. The van der Waals surface area contributed by atoms with Gasteiger partial charge in [0, 0.05) is 29.9 Å². The molecule has 0 aromatic carbocycles. The van der Waals surface area contributed by atoms with E-state index in [4.69, 9.17) is 5.73 Å². The molecule has 2 rings (SSSR count). The quantitative estimate of drug-likeness (QED) is 0.898. The smallest absolute Gasteiger partial charge is 0.243 e. The van der Waals surface area contributed by atoms with Crippen molar-refractivity contribution in [2.24, 2.45) is 5.73 Å². The highest BCUT2D eigenvalue weighted by molar-refractivity contribution is 7.89. The van der Waals surface area contributed by atoms with Crippen molar-refractivity contribution in [3.05, 3.63) is 16.3 Å². The molecule has 0 unspecified atom stereocenters. The molecule has 0 saturated carbocycles. The van der Waals surface area contributed by atoms with Gasteiger partial charge in [-0.3, -0.25) is 0 Å². The predicted molar refractivity (Wildman–Crippen MR) is 77.7 cm³/mol. The number of nitrogens with two attached hydrogens (primary N) is 1. The maximum atomic E-state index is 12.5. The van der Waals surface area contributed by atoms with E-state index in [9.17, 15) is 8.42 Å². The van der Waals surface area contributed by atoms with Crippen molar-refractivity contribution >= 4 is 21.4 Å². The lowest BCUT2D eigenvalue weighted by Gasteiger charge is -2.34. The highest BCUT2D eigenvalue weighted by Gasteiger charge is 2.30. The van der Waals surface area contributed by atoms with Crippen LogP contribution in [0.2, 0.25) is 0 Å². The highest BCUT2D eigenvalue weighted by Crippen LogP contribution is 2.25. The summed E-state index contributed by atoms with van der Waals surface area (Å²) in [5, 5.41) is 1.68. The molecule has 0 spiro atoms. The maximum Gasteiger partial charge on any atom is 0.243 e. The Morgan fingerprint density at radius 2 is 2.11 bits per heavy atom. The molecule has 1 saturated heterocycles. The fourth-order valence-electron chi connectivity index (χ4n) is 2.32. The Hall–Kier alpha value is -0.470. The second-order valence-electron chi connectivity index (χ2n) is 5.01. The van der Waals surface area contributed by atoms with Crippen LogP contribution in [0.5, 0.6) is 0 Å². The summed E-state index contributed by atoms with van der Waals surface area (Å²) in [5.41, 5.74) is 5.54. The molecule has 5 nitrogen and oxygen atoms in total. The number of likely N-dealkylation sites (tertiary alicyclic amines) is 1. The average Bonchev–Trinajstić information content (AvgIpc) is 2.88. The minimum atomic E-state index is -3.38. The van der Waals surface area contributed by atoms with E-state index in [1.807, 2.05) is 0 Å². The van der Waals surface area contributed by atoms with Crippen LogP contribution in [-0.4, -0.2) is 50.8 Å². The SMILES string of the molecule is CN1CCC(N(C)S(=O)(=O)c2csc(CN)c2)CC1. The normalized spacial score (nSPS) is 19.2. The van der Waals surface area contributed by atoms with E-state index in [0.29, 0.717) is 11.4 Å². The molecule has 1 aliphatic heterocycles. The molecular weight excluding hydrogens is 282 g/mol. The van der Waals surface area contributed by atoms with Gasteiger partial charge >= 0.3 is 0 Å². The summed E-state index contributed by atoms with van der Waals surface area (Å²) in [5.74, 6) is 0. The largest absolute Gasteiger partial charge is 0.326 e. The summed E-state index contributed by atoms with van der Waals surface area (Å²) < 4.78 is 26.6. The molecule has 1 fully saturated rings. The monoisotopic (exact) mass is 303 g/mol. The molecule has 2 N–H and O–H groups in total. The van der Waals surface area contributed by atoms with Gasteiger partial charge in [-0.1, -0.05) is 0 Å². The summed E-state index contributed by atoms with van der Waals surface area (Å²) in [6, 6.07) is 1.79. The Morgan fingerprint density at radius 3 is 2.63 bits per heavy atom. The van der Waals surface area contributed by atoms with Gasteiger partial charge < -0.3 is 10.6 Å². The number of thiophene rings is 1. The summed E-state index contributed by atoms with van der Waals surface area (Å²) in [6.45, 7) is 2.28. The van der Waals surface area contributed by atoms with E-state index in [-0.39, 0.29) is 6.04 Å². The Morgan fingerprint density at radius 1 is 1.47 bits per heavy atom. The predicted octanol–water partition coefficient (Wildman–Crippen LogP) is 0.921. The standard InChI is InChI=1S/C12H21N3O2S2/c1-14-5-3-10(4-6-14)15(2)19(16,17)12-7-11(8-13)18-9-12/h7,9-10H,3-6,8,13H2,1-2H3. The Labute approximate surface area is 119 Å². The third-order valence-corrected chi connectivity index (χ3v) is 6.71. The zero-order valence-corrected chi connectivity index (χ0v) is 13.0. The van der Waals surface area contributed by atoms with Gasteiger partial charge in [-0.05, 0) is 39.0 Å². The third kappa shape index (κ3) is 3.17. The molecular formula is C12H21N3O2S2. The van der Waals surface area contributed by atoms with Crippen molar-refractivity contribution in [1.82, 2.24) is 9.21 Å². The van der Waals surface area contributed by atoms with Crippen LogP contribution in [0.25, 0.3) is 0 Å². The van der Waals surface area contributed by atoms with E-state index in [2.05, 4.69) is 11.9 Å². The van der Waals surface area contributed by atoms with Gasteiger partial charge in [0.2, 0.25) is 10.0 Å². The van der Waals surface area contributed by atoms with Gasteiger partial charge in [-0.2, -0.15) is 4.31 Å². The first-order valence-corrected chi connectivity index (χ1v) is 8.71. The summed E-state index contributed by atoms with van der Waals surface area (Å²) in [4.78, 5) is 3.50. The van der Waals surface area contributed by atoms with Crippen molar-refractivity contribution < 1.29 is 8.42 Å². The molecule has 0 aliphatic carbocycles. The number of piperidine rings is 1. The zero-order chi connectivity index (χ0) is 14.0. The molecule has 0 amide bonds. The second kappa shape index (κ2) is 5.88. The van der Waals surface area contributed by atoms with E-state index >= 15 is 0 Å². The van der Waals surface area contributed by atoms with Crippen LogP contribution in [0.3, 0.4) is 0 Å². The number of rotatable bonds is 4. The van der Waals surface area contributed by atoms with Crippen LogP contribution in [0.4, 0.5) is 0 Å². The van der Waals surface area contributed by atoms with Gasteiger partial charge in [0.05, 0.1) is 4.90 Å². The maximum absolute atomic E-state index is 12.5. The van der Waals surface area contributed by atoms with Crippen LogP contribution in [0, 0.1) is 0 Å². The van der Waals surface area contributed by atoms with Crippen LogP contribution < -0.4 is 5.73 Å². The van der Waals surface area contributed by atoms with Gasteiger partial charge in [-0.15, -0.1) is 11.3 Å². The van der Waals surface area contributed by atoms with Gasteiger partial charge in [0.1, 0.15) is 0 Å². The molecule has 2 heterocycles. The summed E-state index contributed by atoms with van der Waals surface area (Å²) >= 11 is 1.40. The van der Waals surface area contributed by atoms with Crippen molar-refractivity contribution in [2.75, 3.05) is 27.2 Å². The molecule has 1 aromatic rings. The number of hydrogen-bond donors (Lipinski definition) is 1. The first-order chi connectivity index (χ1) is 8.95. The van der Waals surface area contributed by atoms with E-state index < -0.39 is 10.0 Å². The molecule has 108 valence electrons. The van der Waals surface area contributed by atoms with E-state index in [0.717, 1.165) is 30.8 Å². The van der Waals surface area contributed by atoms with Crippen LogP contribution in [0.15, 0.2) is 16.3 Å². The van der Waals surface area contributed by atoms with Crippen molar-refractivity contribution in [1.29, 1.82) is 0 Å². The van der Waals surface area contributed by atoms with E-state index in [1.54, 1.807) is 18.5 Å². The van der Waals surface area contributed by atoms with Crippen molar-refractivity contribution in [3.8, 4) is 0 Å².